The molecule has 0 bridgehead atoms. The molecule has 2 heterocycles. The van der Waals surface area contributed by atoms with Crippen molar-refractivity contribution in [2.24, 2.45) is 0 Å². The molecule has 112 valence electrons. The molecule has 0 spiro atoms. The zero-order chi connectivity index (χ0) is 14.7. The SMILES string of the molecule is C[C@@H](CN1CCOCC1)OC(=O)c1cccc2cn[nH]c12. The van der Waals surface area contributed by atoms with Crippen molar-refractivity contribution >= 4 is 16.9 Å². The third-order valence-corrected chi connectivity index (χ3v) is 3.62. The maximum absolute atomic E-state index is 12.3. The number of rotatable bonds is 4. The maximum atomic E-state index is 12.3. The fourth-order valence-electron chi connectivity index (χ4n) is 2.57. The summed E-state index contributed by atoms with van der Waals surface area (Å²) in [6, 6.07) is 5.50. The lowest BCUT2D eigenvalue weighted by molar-refractivity contribution is 0.000550. The fraction of sp³-hybridized carbons (Fsp3) is 0.467. The Bertz CT molecular complexity index is 619. The van der Waals surface area contributed by atoms with Crippen molar-refractivity contribution in [2.75, 3.05) is 32.8 Å². The number of aromatic amines is 1. The van der Waals surface area contributed by atoms with Crippen LogP contribution in [0.4, 0.5) is 0 Å². The Morgan fingerprint density at radius 3 is 3.10 bits per heavy atom. The van der Waals surface area contributed by atoms with Gasteiger partial charge in [0.15, 0.2) is 0 Å². The lowest BCUT2D eigenvalue weighted by atomic mass is 10.1. The highest BCUT2D eigenvalue weighted by Crippen LogP contribution is 2.17. The van der Waals surface area contributed by atoms with E-state index in [4.69, 9.17) is 9.47 Å². The van der Waals surface area contributed by atoms with Gasteiger partial charge in [-0.1, -0.05) is 12.1 Å². The number of hydrogen-bond acceptors (Lipinski definition) is 5. The van der Waals surface area contributed by atoms with Gasteiger partial charge in [0.25, 0.3) is 0 Å². The minimum absolute atomic E-state index is 0.159. The van der Waals surface area contributed by atoms with Crippen LogP contribution in [0.1, 0.15) is 17.3 Å². The number of fused-ring (bicyclic) bond motifs is 1. The Morgan fingerprint density at radius 2 is 2.29 bits per heavy atom. The molecule has 1 aliphatic rings. The number of carbonyl (C=O) groups excluding carboxylic acids is 1. The van der Waals surface area contributed by atoms with Gasteiger partial charge < -0.3 is 9.47 Å². The van der Waals surface area contributed by atoms with E-state index < -0.39 is 0 Å². The highest BCUT2D eigenvalue weighted by atomic mass is 16.5. The second-order valence-electron chi connectivity index (χ2n) is 5.27. The molecule has 1 atom stereocenters. The first-order valence-electron chi connectivity index (χ1n) is 7.17. The van der Waals surface area contributed by atoms with E-state index in [1.807, 2.05) is 19.1 Å². The standard InChI is InChI=1S/C15H19N3O3/c1-11(10-18-5-7-20-8-6-18)21-15(19)13-4-2-3-12-9-16-17-14(12)13/h2-4,9,11H,5-8,10H2,1H3,(H,16,17)/t11-/m0/s1. The van der Waals surface area contributed by atoms with Crippen molar-refractivity contribution in [1.82, 2.24) is 15.1 Å². The summed E-state index contributed by atoms with van der Waals surface area (Å²) in [5.74, 6) is -0.314. The van der Waals surface area contributed by atoms with Gasteiger partial charge in [-0.05, 0) is 13.0 Å². The van der Waals surface area contributed by atoms with Crippen LogP contribution in [0.5, 0.6) is 0 Å². The average Bonchev–Trinajstić information content (AvgIpc) is 2.96. The van der Waals surface area contributed by atoms with E-state index in [0.29, 0.717) is 5.56 Å². The molecular formula is C15H19N3O3. The van der Waals surface area contributed by atoms with Crippen molar-refractivity contribution in [3.8, 4) is 0 Å². The number of H-pyrrole nitrogens is 1. The molecule has 21 heavy (non-hydrogen) atoms. The zero-order valence-corrected chi connectivity index (χ0v) is 12.0. The highest BCUT2D eigenvalue weighted by molar-refractivity contribution is 6.02. The highest BCUT2D eigenvalue weighted by Gasteiger charge is 2.19. The monoisotopic (exact) mass is 289 g/mol. The van der Waals surface area contributed by atoms with Crippen molar-refractivity contribution < 1.29 is 14.3 Å². The van der Waals surface area contributed by atoms with E-state index in [-0.39, 0.29) is 12.1 Å². The summed E-state index contributed by atoms with van der Waals surface area (Å²) in [6.07, 6.45) is 1.54. The minimum Gasteiger partial charge on any atom is -0.458 e. The lowest BCUT2D eigenvalue weighted by Crippen LogP contribution is -2.41. The van der Waals surface area contributed by atoms with Crippen LogP contribution in [0.25, 0.3) is 10.9 Å². The molecule has 1 saturated heterocycles. The third kappa shape index (κ3) is 3.22. The number of morpholine rings is 1. The third-order valence-electron chi connectivity index (χ3n) is 3.62. The second kappa shape index (κ2) is 6.24. The summed E-state index contributed by atoms with van der Waals surface area (Å²) < 4.78 is 10.9. The van der Waals surface area contributed by atoms with Crippen molar-refractivity contribution in [2.45, 2.75) is 13.0 Å². The molecule has 0 amide bonds. The van der Waals surface area contributed by atoms with Crippen LogP contribution < -0.4 is 0 Å². The van der Waals surface area contributed by atoms with Crippen LogP contribution in [-0.2, 0) is 9.47 Å². The average molecular weight is 289 g/mol. The molecule has 1 aromatic carbocycles. The van der Waals surface area contributed by atoms with E-state index >= 15 is 0 Å². The van der Waals surface area contributed by atoms with Gasteiger partial charge in [0.1, 0.15) is 6.10 Å². The molecule has 2 aromatic rings. The first-order valence-corrected chi connectivity index (χ1v) is 7.17. The van der Waals surface area contributed by atoms with Gasteiger partial charge in [-0.2, -0.15) is 5.10 Å². The van der Waals surface area contributed by atoms with Gasteiger partial charge in [-0.15, -0.1) is 0 Å². The number of carbonyl (C=O) groups is 1. The van der Waals surface area contributed by atoms with Gasteiger partial charge in [-0.25, -0.2) is 4.79 Å². The smallest absolute Gasteiger partial charge is 0.340 e. The molecule has 1 fully saturated rings. The molecular weight excluding hydrogens is 270 g/mol. The van der Waals surface area contributed by atoms with Crippen LogP contribution in [0.3, 0.4) is 0 Å². The Kier molecular flexibility index (Phi) is 4.17. The quantitative estimate of drug-likeness (QED) is 0.863. The van der Waals surface area contributed by atoms with Gasteiger partial charge in [-0.3, -0.25) is 10.00 Å². The largest absolute Gasteiger partial charge is 0.458 e. The molecule has 1 N–H and O–H groups in total. The Balaban J connectivity index is 1.64. The summed E-state index contributed by atoms with van der Waals surface area (Å²) in [5.41, 5.74) is 1.25. The molecule has 0 radical (unpaired) electrons. The number of benzene rings is 1. The van der Waals surface area contributed by atoms with Crippen molar-refractivity contribution in [3.63, 3.8) is 0 Å². The van der Waals surface area contributed by atoms with Crippen molar-refractivity contribution in [3.05, 3.63) is 30.0 Å². The number of para-hydroxylation sites is 1. The summed E-state index contributed by atoms with van der Waals surface area (Å²) in [7, 11) is 0. The van der Waals surface area contributed by atoms with E-state index in [2.05, 4.69) is 15.1 Å². The molecule has 0 unspecified atom stereocenters. The Hall–Kier alpha value is -1.92. The molecule has 0 aliphatic carbocycles. The molecule has 1 aliphatic heterocycles. The van der Waals surface area contributed by atoms with Crippen LogP contribution in [0, 0.1) is 0 Å². The molecule has 6 heteroatoms. The van der Waals surface area contributed by atoms with E-state index in [0.717, 1.165) is 43.8 Å². The van der Waals surface area contributed by atoms with Crippen LogP contribution in [-0.4, -0.2) is 60.0 Å². The predicted molar refractivity (Wildman–Crippen MR) is 78.2 cm³/mol. The second-order valence-corrected chi connectivity index (χ2v) is 5.27. The normalized spacial score (nSPS) is 17.8. The first-order chi connectivity index (χ1) is 10.2. The topological polar surface area (TPSA) is 67.5 Å². The summed E-state index contributed by atoms with van der Waals surface area (Å²) in [4.78, 5) is 14.5. The van der Waals surface area contributed by atoms with E-state index in [1.165, 1.54) is 0 Å². The number of nitrogens with one attached hydrogen (secondary N) is 1. The van der Waals surface area contributed by atoms with Gasteiger partial charge >= 0.3 is 5.97 Å². The molecule has 0 saturated carbocycles. The number of nitrogens with zero attached hydrogens (tertiary/aromatic N) is 2. The number of aromatic nitrogens is 2. The van der Waals surface area contributed by atoms with E-state index in [9.17, 15) is 4.79 Å². The van der Waals surface area contributed by atoms with Crippen molar-refractivity contribution in [1.29, 1.82) is 0 Å². The van der Waals surface area contributed by atoms with Crippen LogP contribution in [0.2, 0.25) is 0 Å². The summed E-state index contributed by atoms with van der Waals surface area (Å²) >= 11 is 0. The molecule has 1 aromatic heterocycles. The molecule has 6 nitrogen and oxygen atoms in total. The number of esters is 1. The summed E-state index contributed by atoms with van der Waals surface area (Å²) in [6.45, 7) is 5.91. The zero-order valence-electron chi connectivity index (χ0n) is 12.0. The summed E-state index contributed by atoms with van der Waals surface area (Å²) in [5, 5.41) is 7.72. The maximum Gasteiger partial charge on any atom is 0.340 e. The van der Waals surface area contributed by atoms with Gasteiger partial charge in [0.2, 0.25) is 0 Å². The predicted octanol–water partition coefficient (Wildman–Crippen LogP) is 1.44. The number of hydrogen-bond donors (Lipinski definition) is 1. The number of ether oxygens (including phenoxy) is 2. The molecule has 3 rings (SSSR count). The Morgan fingerprint density at radius 1 is 1.48 bits per heavy atom. The van der Waals surface area contributed by atoms with Gasteiger partial charge in [0, 0.05) is 25.0 Å². The minimum atomic E-state index is -0.314. The first kappa shape index (κ1) is 14.0. The lowest BCUT2D eigenvalue weighted by Gasteiger charge is -2.28. The Labute approximate surface area is 123 Å². The fourth-order valence-corrected chi connectivity index (χ4v) is 2.57. The van der Waals surface area contributed by atoms with Crippen LogP contribution >= 0.6 is 0 Å². The van der Waals surface area contributed by atoms with Crippen LogP contribution in [0.15, 0.2) is 24.4 Å². The van der Waals surface area contributed by atoms with Gasteiger partial charge in [0.05, 0.1) is 30.5 Å². The van der Waals surface area contributed by atoms with E-state index in [1.54, 1.807) is 12.3 Å².